The summed E-state index contributed by atoms with van der Waals surface area (Å²) in [5.41, 5.74) is -0.594. The second-order valence-electron chi connectivity index (χ2n) is 5.92. The molecule has 0 unspecified atom stereocenters. The number of hydrogen-bond donors (Lipinski definition) is 1. The molecular formula is C13H22FNO4. The van der Waals surface area contributed by atoms with Crippen LogP contribution in [-0.4, -0.2) is 46.9 Å². The number of alkyl halides is 1. The maximum Gasteiger partial charge on any atom is 0.410 e. The van der Waals surface area contributed by atoms with E-state index in [9.17, 15) is 14.0 Å². The number of nitrogens with zero attached hydrogens (tertiary/aromatic N) is 1. The average Bonchev–Trinajstić information content (AvgIpc) is 2.24. The fraction of sp³-hybridized carbons (Fsp3) is 0.846. The number of ether oxygens (including phenoxy) is 1. The number of rotatable bonds is 3. The quantitative estimate of drug-likeness (QED) is 0.859. The molecule has 1 heterocycles. The summed E-state index contributed by atoms with van der Waals surface area (Å²) in [4.78, 5) is 23.6. The summed E-state index contributed by atoms with van der Waals surface area (Å²) in [7, 11) is 0. The molecule has 0 saturated carbocycles. The highest BCUT2D eigenvalue weighted by Crippen LogP contribution is 2.26. The molecule has 1 fully saturated rings. The van der Waals surface area contributed by atoms with Crippen molar-refractivity contribution in [2.24, 2.45) is 5.92 Å². The minimum Gasteiger partial charge on any atom is -0.481 e. The summed E-state index contributed by atoms with van der Waals surface area (Å²) in [6, 6.07) is 0. The van der Waals surface area contributed by atoms with Crippen molar-refractivity contribution >= 4 is 12.1 Å². The number of carboxylic acids is 1. The number of hydrogen-bond acceptors (Lipinski definition) is 3. The summed E-state index contributed by atoms with van der Waals surface area (Å²) in [6.45, 7) is 5.69. The van der Waals surface area contributed by atoms with Gasteiger partial charge in [0, 0.05) is 13.0 Å². The molecule has 6 heteroatoms. The van der Waals surface area contributed by atoms with Crippen LogP contribution in [0.5, 0.6) is 0 Å². The van der Waals surface area contributed by atoms with Crippen molar-refractivity contribution < 1.29 is 23.8 Å². The highest BCUT2D eigenvalue weighted by atomic mass is 19.1. The van der Waals surface area contributed by atoms with Gasteiger partial charge in [0.2, 0.25) is 0 Å². The molecule has 1 rings (SSSR count). The van der Waals surface area contributed by atoms with E-state index in [1.807, 2.05) is 0 Å². The van der Waals surface area contributed by atoms with Gasteiger partial charge in [-0.15, -0.1) is 0 Å². The summed E-state index contributed by atoms with van der Waals surface area (Å²) in [6.07, 6.45) is -0.920. The number of amides is 1. The van der Waals surface area contributed by atoms with Crippen molar-refractivity contribution in [2.45, 2.75) is 51.8 Å². The maximum absolute atomic E-state index is 13.9. The fourth-order valence-electron chi connectivity index (χ4n) is 2.08. The number of carbonyl (C=O) groups is 2. The molecule has 1 aliphatic heterocycles. The Bertz CT molecular complexity index is 340. The van der Waals surface area contributed by atoms with Gasteiger partial charge in [0.15, 0.2) is 0 Å². The highest BCUT2D eigenvalue weighted by Gasteiger charge is 2.33. The van der Waals surface area contributed by atoms with E-state index in [2.05, 4.69) is 0 Å². The van der Waals surface area contributed by atoms with Crippen LogP contribution in [-0.2, 0) is 9.53 Å². The van der Waals surface area contributed by atoms with E-state index in [1.165, 1.54) is 4.90 Å². The van der Waals surface area contributed by atoms with Crippen LogP contribution >= 0.6 is 0 Å². The molecule has 1 saturated heterocycles. The predicted octanol–water partition coefficient (Wildman–Crippen LogP) is 2.45. The SMILES string of the molecule is CC(C)(C)OC(=O)N1CC[C@@H](CCC(=O)O)[C@H](F)C1. The van der Waals surface area contributed by atoms with Gasteiger partial charge in [0.1, 0.15) is 11.8 Å². The first-order chi connectivity index (χ1) is 8.69. The van der Waals surface area contributed by atoms with Crippen LogP contribution in [0.4, 0.5) is 9.18 Å². The van der Waals surface area contributed by atoms with Crippen LogP contribution in [0.3, 0.4) is 0 Å². The third-order valence-electron chi connectivity index (χ3n) is 3.06. The van der Waals surface area contributed by atoms with Crippen molar-refractivity contribution in [3.63, 3.8) is 0 Å². The minimum absolute atomic E-state index is 0.0147. The Morgan fingerprint density at radius 3 is 2.53 bits per heavy atom. The van der Waals surface area contributed by atoms with E-state index in [1.54, 1.807) is 20.8 Å². The van der Waals surface area contributed by atoms with Crippen LogP contribution in [0.25, 0.3) is 0 Å². The van der Waals surface area contributed by atoms with Gasteiger partial charge in [-0.05, 0) is 39.5 Å². The average molecular weight is 275 g/mol. The summed E-state index contributed by atoms with van der Waals surface area (Å²) in [5.74, 6) is -1.20. The maximum atomic E-state index is 13.9. The monoisotopic (exact) mass is 275 g/mol. The normalized spacial score (nSPS) is 24.1. The fourth-order valence-corrected chi connectivity index (χ4v) is 2.08. The van der Waals surface area contributed by atoms with Crippen molar-refractivity contribution in [1.82, 2.24) is 4.90 Å². The van der Waals surface area contributed by atoms with E-state index < -0.39 is 23.8 Å². The standard InChI is InChI=1S/C13H22FNO4/c1-13(2,3)19-12(18)15-7-6-9(10(14)8-15)4-5-11(16)17/h9-10H,4-8H2,1-3H3,(H,16,17)/t9-,10-/m1/s1. The molecule has 110 valence electrons. The van der Waals surface area contributed by atoms with E-state index in [4.69, 9.17) is 9.84 Å². The van der Waals surface area contributed by atoms with E-state index in [0.29, 0.717) is 19.4 Å². The van der Waals surface area contributed by atoms with Gasteiger partial charge in [-0.3, -0.25) is 4.79 Å². The van der Waals surface area contributed by atoms with Crippen LogP contribution in [0.2, 0.25) is 0 Å². The van der Waals surface area contributed by atoms with Crippen LogP contribution in [0.1, 0.15) is 40.0 Å². The van der Waals surface area contributed by atoms with Crippen LogP contribution in [0, 0.1) is 5.92 Å². The molecule has 1 aliphatic rings. The third-order valence-corrected chi connectivity index (χ3v) is 3.06. The lowest BCUT2D eigenvalue weighted by Crippen LogP contribution is -2.46. The molecule has 0 aromatic heterocycles. The van der Waals surface area contributed by atoms with Gasteiger partial charge in [-0.25, -0.2) is 9.18 Å². The molecule has 0 radical (unpaired) electrons. The Labute approximate surface area is 112 Å². The molecule has 1 N–H and O–H groups in total. The van der Waals surface area contributed by atoms with E-state index >= 15 is 0 Å². The Hall–Kier alpha value is -1.33. The first-order valence-electron chi connectivity index (χ1n) is 6.53. The number of piperidine rings is 1. The molecule has 0 aliphatic carbocycles. The smallest absolute Gasteiger partial charge is 0.410 e. The van der Waals surface area contributed by atoms with Gasteiger partial charge < -0.3 is 14.7 Å². The summed E-state index contributed by atoms with van der Waals surface area (Å²) < 4.78 is 19.1. The zero-order valence-corrected chi connectivity index (χ0v) is 11.7. The molecule has 0 bridgehead atoms. The first-order valence-corrected chi connectivity index (χ1v) is 6.53. The van der Waals surface area contributed by atoms with Gasteiger partial charge in [0.25, 0.3) is 0 Å². The van der Waals surface area contributed by atoms with Crippen molar-refractivity contribution in [3.8, 4) is 0 Å². The lowest BCUT2D eigenvalue weighted by molar-refractivity contribution is -0.137. The first kappa shape index (κ1) is 15.7. The van der Waals surface area contributed by atoms with Crippen molar-refractivity contribution in [1.29, 1.82) is 0 Å². The predicted molar refractivity (Wildman–Crippen MR) is 67.7 cm³/mol. The Balaban J connectivity index is 2.44. The summed E-state index contributed by atoms with van der Waals surface area (Å²) in [5, 5.41) is 8.59. The number of halogens is 1. The molecule has 1 amide bonds. The van der Waals surface area contributed by atoms with E-state index in [-0.39, 0.29) is 18.9 Å². The zero-order valence-electron chi connectivity index (χ0n) is 11.7. The second-order valence-corrected chi connectivity index (χ2v) is 5.92. The number of carbonyl (C=O) groups excluding carboxylic acids is 1. The van der Waals surface area contributed by atoms with Gasteiger partial charge >= 0.3 is 12.1 Å². The van der Waals surface area contributed by atoms with Gasteiger partial charge in [-0.2, -0.15) is 0 Å². The lowest BCUT2D eigenvalue weighted by Gasteiger charge is -2.35. The highest BCUT2D eigenvalue weighted by molar-refractivity contribution is 5.68. The molecule has 2 atom stereocenters. The second kappa shape index (κ2) is 6.21. The van der Waals surface area contributed by atoms with Gasteiger partial charge in [0.05, 0.1) is 6.54 Å². The Morgan fingerprint density at radius 2 is 2.05 bits per heavy atom. The zero-order chi connectivity index (χ0) is 14.6. The number of carboxylic acid groups (broad SMARTS) is 1. The van der Waals surface area contributed by atoms with Gasteiger partial charge in [-0.1, -0.05) is 0 Å². The third kappa shape index (κ3) is 5.44. The molecule has 0 aromatic carbocycles. The largest absolute Gasteiger partial charge is 0.481 e. The molecule has 0 spiro atoms. The van der Waals surface area contributed by atoms with Crippen LogP contribution < -0.4 is 0 Å². The van der Waals surface area contributed by atoms with Crippen LogP contribution in [0.15, 0.2) is 0 Å². The lowest BCUT2D eigenvalue weighted by atomic mass is 9.91. The minimum atomic E-state index is -1.18. The molecule has 0 aromatic rings. The molecule has 19 heavy (non-hydrogen) atoms. The van der Waals surface area contributed by atoms with Crippen molar-refractivity contribution in [3.05, 3.63) is 0 Å². The number of likely N-dealkylation sites (tertiary alicyclic amines) is 1. The summed E-state index contributed by atoms with van der Waals surface area (Å²) >= 11 is 0. The number of aliphatic carboxylic acids is 1. The van der Waals surface area contributed by atoms with Crippen molar-refractivity contribution in [2.75, 3.05) is 13.1 Å². The molecule has 5 nitrogen and oxygen atoms in total. The Kier molecular flexibility index (Phi) is 5.14. The van der Waals surface area contributed by atoms with E-state index in [0.717, 1.165) is 0 Å². The topological polar surface area (TPSA) is 66.8 Å². The Morgan fingerprint density at radius 1 is 1.42 bits per heavy atom. The molecular weight excluding hydrogens is 253 g/mol.